The molecule has 1 saturated heterocycles. The third-order valence-electron chi connectivity index (χ3n) is 7.76. The van der Waals surface area contributed by atoms with Crippen molar-refractivity contribution in [2.24, 2.45) is 0 Å². The number of anilines is 1. The summed E-state index contributed by atoms with van der Waals surface area (Å²) in [7, 11) is -2.66. The van der Waals surface area contributed by atoms with Crippen LogP contribution in [0.2, 0.25) is 0 Å². The summed E-state index contributed by atoms with van der Waals surface area (Å²) in [5.74, 6) is 0.793. The molecule has 1 fully saturated rings. The third kappa shape index (κ3) is 8.67. The molecule has 0 bridgehead atoms. The first kappa shape index (κ1) is 35.0. The van der Waals surface area contributed by atoms with Crippen molar-refractivity contribution in [1.82, 2.24) is 14.9 Å². The van der Waals surface area contributed by atoms with Gasteiger partial charge in [0, 0.05) is 24.6 Å². The summed E-state index contributed by atoms with van der Waals surface area (Å²) in [6.07, 6.45) is 2.73. The standard InChI is InChI=1S/C34H46N4O7S/c1-21-17-22(2)30(23(3)18-21)46(40,41)45-31-27(24(4)36-33(35)37-31)19-25-12-13-26(20-29(25)42-8)43-16-10-15-38-14-9-11-28(38)32(39)44-34(5,6)7/h12-13,17-18,20,28H,9-11,14-16,19H2,1-8H3,(H2,35,36,37). The molecule has 250 valence electrons. The van der Waals surface area contributed by atoms with Gasteiger partial charge in [0.15, 0.2) is 0 Å². The van der Waals surface area contributed by atoms with Crippen LogP contribution in [0.1, 0.15) is 73.5 Å². The molecule has 1 aliphatic rings. The molecule has 2 N–H and O–H groups in total. The summed E-state index contributed by atoms with van der Waals surface area (Å²) in [6, 6.07) is 8.86. The lowest BCUT2D eigenvalue weighted by molar-refractivity contribution is -0.160. The van der Waals surface area contributed by atoms with E-state index in [9.17, 15) is 13.2 Å². The summed E-state index contributed by atoms with van der Waals surface area (Å²) in [5, 5.41) is 0. The third-order valence-corrected chi connectivity index (χ3v) is 9.28. The van der Waals surface area contributed by atoms with Crippen molar-refractivity contribution in [1.29, 1.82) is 0 Å². The van der Waals surface area contributed by atoms with Crippen molar-refractivity contribution in [3.8, 4) is 17.4 Å². The minimum Gasteiger partial charge on any atom is -0.496 e. The number of nitrogens with zero attached hydrogens (tertiary/aromatic N) is 3. The Labute approximate surface area is 272 Å². The van der Waals surface area contributed by atoms with Gasteiger partial charge in [-0.2, -0.15) is 13.4 Å². The normalized spacial score (nSPS) is 15.5. The minimum absolute atomic E-state index is 0.0918. The van der Waals surface area contributed by atoms with E-state index in [4.69, 9.17) is 24.1 Å². The topological polar surface area (TPSA) is 143 Å². The summed E-state index contributed by atoms with van der Waals surface area (Å²) >= 11 is 0. The van der Waals surface area contributed by atoms with Crippen LogP contribution in [0.5, 0.6) is 17.4 Å². The quantitative estimate of drug-likeness (QED) is 0.156. The van der Waals surface area contributed by atoms with Crippen LogP contribution in [0.4, 0.5) is 5.95 Å². The number of ether oxygens (including phenoxy) is 3. The van der Waals surface area contributed by atoms with Crippen molar-refractivity contribution in [3.05, 3.63) is 63.8 Å². The van der Waals surface area contributed by atoms with E-state index in [1.165, 1.54) is 0 Å². The molecule has 2 heterocycles. The van der Waals surface area contributed by atoms with Gasteiger partial charge in [-0.25, -0.2) is 4.98 Å². The van der Waals surface area contributed by atoms with Gasteiger partial charge in [-0.3, -0.25) is 9.69 Å². The molecule has 0 amide bonds. The summed E-state index contributed by atoms with van der Waals surface area (Å²) in [6.45, 7) is 14.8. The lowest BCUT2D eigenvalue weighted by atomic mass is 10.0. The van der Waals surface area contributed by atoms with Crippen molar-refractivity contribution < 1.29 is 31.6 Å². The lowest BCUT2D eigenvalue weighted by Crippen LogP contribution is -2.41. The van der Waals surface area contributed by atoms with E-state index in [1.54, 1.807) is 46.1 Å². The van der Waals surface area contributed by atoms with Crippen LogP contribution in [0.3, 0.4) is 0 Å². The Morgan fingerprint density at radius 2 is 1.76 bits per heavy atom. The monoisotopic (exact) mass is 654 g/mol. The Kier molecular flexibility index (Phi) is 10.8. The summed E-state index contributed by atoms with van der Waals surface area (Å²) < 4.78 is 49.9. The fourth-order valence-corrected chi connectivity index (χ4v) is 7.24. The molecule has 2 aromatic carbocycles. The first-order valence-corrected chi connectivity index (χ1v) is 16.9. The van der Waals surface area contributed by atoms with Gasteiger partial charge in [0.25, 0.3) is 0 Å². The van der Waals surface area contributed by atoms with Crippen LogP contribution >= 0.6 is 0 Å². The Morgan fingerprint density at radius 1 is 1.07 bits per heavy atom. The Hall–Kier alpha value is -3.90. The van der Waals surface area contributed by atoms with E-state index in [-0.39, 0.29) is 35.2 Å². The van der Waals surface area contributed by atoms with Gasteiger partial charge in [-0.05, 0) is 97.0 Å². The van der Waals surface area contributed by atoms with E-state index < -0.39 is 15.7 Å². The largest absolute Gasteiger partial charge is 0.496 e. The number of hydrogen-bond donors (Lipinski definition) is 1. The van der Waals surface area contributed by atoms with E-state index in [0.29, 0.717) is 40.5 Å². The maximum absolute atomic E-state index is 13.5. The van der Waals surface area contributed by atoms with E-state index in [0.717, 1.165) is 43.5 Å². The molecule has 0 radical (unpaired) electrons. The fraction of sp³-hybridized carbons (Fsp3) is 0.500. The first-order chi connectivity index (χ1) is 21.6. The predicted molar refractivity (Wildman–Crippen MR) is 176 cm³/mol. The highest BCUT2D eigenvalue weighted by Crippen LogP contribution is 2.33. The number of carbonyl (C=O) groups is 1. The van der Waals surface area contributed by atoms with Crippen LogP contribution in [-0.2, 0) is 26.1 Å². The van der Waals surface area contributed by atoms with Crippen LogP contribution in [0, 0.1) is 27.7 Å². The zero-order chi connectivity index (χ0) is 33.8. The molecule has 0 aliphatic carbocycles. The molecule has 12 heteroatoms. The van der Waals surface area contributed by atoms with Gasteiger partial charge < -0.3 is 24.1 Å². The Bertz CT molecular complexity index is 1660. The molecule has 1 unspecified atom stereocenters. The average Bonchev–Trinajstić information content (AvgIpc) is 3.40. The zero-order valence-corrected chi connectivity index (χ0v) is 28.9. The van der Waals surface area contributed by atoms with Crippen molar-refractivity contribution in [2.45, 2.75) is 90.7 Å². The predicted octanol–water partition coefficient (Wildman–Crippen LogP) is 5.23. The lowest BCUT2D eigenvalue weighted by Gasteiger charge is -2.27. The van der Waals surface area contributed by atoms with Crippen molar-refractivity contribution in [3.63, 3.8) is 0 Å². The number of carbonyl (C=O) groups excluding carboxylic acids is 1. The molecule has 3 aromatic rings. The number of hydrogen-bond acceptors (Lipinski definition) is 11. The number of nitrogens with two attached hydrogens (primary N) is 1. The molecule has 1 aliphatic heterocycles. The number of likely N-dealkylation sites (tertiary alicyclic amines) is 1. The maximum Gasteiger partial charge on any atom is 0.341 e. The number of benzene rings is 2. The Morgan fingerprint density at radius 3 is 2.41 bits per heavy atom. The number of methoxy groups -OCH3 is 1. The highest BCUT2D eigenvalue weighted by atomic mass is 32.2. The number of aryl methyl sites for hydroxylation is 4. The molecule has 0 saturated carbocycles. The zero-order valence-electron chi connectivity index (χ0n) is 28.1. The van der Waals surface area contributed by atoms with Crippen LogP contribution in [-0.4, -0.2) is 67.7 Å². The number of nitrogen functional groups attached to an aromatic ring is 1. The summed E-state index contributed by atoms with van der Waals surface area (Å²) in [4.78, 5) is 23.3. The summed E-state index contributed by atoms with van der Waals surface area (Å²) in [5.41, 5.74) is 9.24. The fourth-order valence-electron chi connectivity index (χ4n) is 5.91. The minimum atomic E-state index is -4.22. The smallest absolute Gasteiger partial charge is 0.341 e. The van der Waals surface area contributed by atoms with Crippen molar-refractivity contribution >= 4 is 22.0 Å². The molecule has 11 nitrogen and oxygen atoms in total. The number of aromatic nitrogens is 2. The van der Waals surface area contributed by atoms with Crippen LogP contribution < -0.4 is 19.4 Å². The van der Waals surface area contributed by atoms with Crippen molar-refractivity contribution in [2.75, 3.05) is 32.5 Å². The molecular weight excluding hydrogens is 608 g/mol. The highest BCUT2D eigenvalue weighted by molar-refractivity contribution is 7.87. The SMILES string of the molecule is COc1cc(OCCCN2CCCC2C(=O)OC(C)(C)C)ccc1Cc1c(C)nc(N)nc1OS(=O)(=O)c1c(C)cc(C)cc1C. The molecule has 0 spiro atoms. The second kappa shape index (κ2) is 14.3. The van der Waals surface area contributed by atoms with E-state index in [2.05, 4.69) is 14.9 Å². The van der Waals surface area contributed by atoms with E-state index in [1.807, 2.05) is 39.8 Å². The van der Waals surface area contributed by atoms with Crippen LogP contribution in [0.15, 0.2) is 35.2 Å². The van der Waals surface area contributed by atoms with Gasteiger partial charge in [0.05, 0.1) is 19.4 Å². The maximum atomic E-state index is 13.5. The van der Waals surface area contributed by atoms with Gasteiger partial charge in [0.2, 0.25) is 11.8 Å². The Balaban J connectivity index is 1.45. The molecular formula is C34H46N4O7S. The molecule has 46 heavy (non-hydrogen) atoms. The highest BCUT2D eigenvalue weighted by Gasteiger charge is 2.33. The average molecular weight is 655 g/mol. The first-order valence-electron chi connectivity index (χ1n) is 15.5. The number of esters is 1. The second-order valence-corrected chi connectivity index (χ2v) is 14.3. The van der Waals surface area contributed by atoms with Gasteiger partial charge in [0.1, 0.15) is 28.0 Å². The van der Waals surface area contributed by atoms with Gasteiger partial charge in [-0.15, -0.1) is 0 Å². The van der Waals surface area contributed by atoms with Gasteiger partial charge >= 0.3 is 16.1 Å². The number of rotatable bonds is 12. The van der Waals surface area contributed by atoms with Crippen LogP contribution in [0.25, 0.3) is 0 Å². The molecule has 1 atom stereocenters. The molecule has 4 rings (SSSR count). The van der Waals surface area contributed by atoms with E-state index >= 15 is 0 Å². The second-order valence-electron chi connectivity index (χ2n) is 12.8. The molecule has 1 aromatic heterocycles. The van der Waals surface area contributed by atoms with Gasteiger partial charge in [-0.1, -0.05) is 23.8 Å².